The summed E-state index contributed by atoms with van der Waals surface area (Å²) in [5, 5.41) is 13.1. The average Bonchev–Trinajstić information content (AvgIpc) is 2.56. The fourth-order valence-corrected chi connectivity index (χ4v) is 2.62. The molecule has 1 amide bonds. The molecule has 0 radical (unpaired) electrons. The first kappa shape index (κ1) is 17.9. The van der Waals surface area contributed by atoms with Gasteiger partial charge in [-0.1, -0.05) is 0 Å². The minimum atomic E-state index is -0.807. The van der Waals surface area contributed by atoms with E-state index in [0.29, 0.717) is 17.6 Å². The van der Waals surface area contributed by atoms with Crippen molar-refractivity contribution in [3.63, 3.8) is 0 Å². The van der Waals surface area contributed by atoms with Crippen LogP contribution < -0.4 is 10.9 Å². The Morgan fingerprint density at radius 2 is 2.12 bits per heavy atom. The van der Waals surface area contributed by atoms with Crippen LogP contribution in [0.4, 0.5) is 0 Å². The van der Waals surface area contributed by atoms with Gasteiger partial charge in [0.25, 0.3) is 5.91 Å². The molecule has 1 heterocycles. The van der Waals surface area contributed by atoms with Gasteiger partial charge < -0.3 is 19.6 Å². The number of fused-ring (bicyclic) bond motifs is 1. The molecule has 0 spiro atoms. The van der Waals surface area contributed by atoms with Gasteiger partial charge in [0.2, 0.25) is 0 Å². The molecule has 128 valence electrons. The maximum absolute atomic E-state index is 12.4. The van der Waals surface area contributed by atoms with Crippen molar-refractivity contribution in [2.45, 2.75) is 12.5 Å². The summed E-state index contributed by atoms with van der Waals surface area (Å²) in [7, 11) is 1.25. The van der Waals surface area contributed by atoms with E-state index in [1.165, 1.54) is 43.1 Å². The number of esters is 1. The van der Waals surface area contributed by atoms with Crippen LogP contribution in [0.1, 0.15) is 16.8 Å². The highest BCUT2D eigenvalue weighted by Crippen LogP contribution is 2.24. The van der Waals surface area contributed by atoms with Crippen molar-refractivity contribution in [1.29, 1.82) is 0 Å². The van der Waals surface area contributed by atoms with E-state index in [1.807, 2.05) is 6.26 Å². The van der Waals surface area contributed by atoms with Gasteiger partial charge in [0.05, 0.1) is 12.7 Å². The van der Waals surface area contributed by atoms with E-state index in [-0.39, 0.29) is 16.9 Å². The lowest BCUT2D eigenvalue weighted by Gasteiger charge is -2.16. The van der Waals surface area contributed by atoms with Crippen molar-refractivity contribution in [2.24, 2.45) is 0 Å². The summed E-state index contributed by atoms with van der Waals surface area (Å²) < 4.78 is 9.63. The van der Waals surface area contributed by atoms with E-state index in [4.69, 9.17) is 4.42 Å². The number of rotatable bonds is 6. The summed E-state index contributed by atoms with van der Waals surface area (Å²) in [6.45, 7) is 0. The van der Waals surface area contributed by atoms with E-state index >= 15 is 0 Å². The molecule has 0 aliphatic carbocycles. The Bertz CT molecular complexity index is 816. The third-order valence-corrected chi connectivity index (χ3v) is 4.03. The van der Waals surface area contributed by atoms with E-state index in [2.05, 4.69) is 10.1 Å². The number of hydrogen-bond acceptors (Lipinski definition) is 7. The standard InChI is InChI=1S/C16H17NO6S/c1-22-16(21)11(5-6-24-2)17-15(20)10-7-9-3-4-14(19)23-13(9)8-12(10)18/h3-4,7-8,11,18H,5-6H2,1-2H3,(H,17,20). The normalized spacial score (nSPS) is 11.9. The van der Waals surface area contributed by atoms with Gasteiger partial charge in [0.15, 0.2) is 0 Å². The van der Waals surface area contributed by atoms with Gasteiger partial charge in [-0.3, -0.25) is 4.79 Å². The Balaban J connectivity index is 2.29. The lowest BCUT2D eigenvalue weighted by molar-refractivity contribution is -0.142. The zero-order valence-electron chi connectivity index (χ0n) is 13.2. The largest absolute Gasteiger partial charge is 0.507 e. The number of thioether (sulfide) groups is 1. The molecule has 7 nitrogen and oxygen atoms in total. The number of hydrogen-bond donors (Lipinski definition) is 2. The highest BCUT2D eigenvalue weighted by molar-refractivity contribution is 7.98. The Kier molecular flexibility index (Phi) is 5.86. The molecular formula is C16H17NO6S. The number of carbonyl (C=O) groups is 2. The lowest BCUT2D eigenvalue weighted by Crippen LogP contribution is -2.42. The molecule has 0 saturated carbocycles. The number of aromatic hydroxyl groups is 1. The number of phenols is 1. The summed E-state index contributed by atoms with van der Waals surface area (Å²) in [6, 6.07) is 4.49. The summed E-state index contributed by atoms with van der Waals surface area (Å²) in [5.74, 6) is -0.849. The van der Waals surface area contributed by atoms with Gasteiger partial charge in [-0.25, -0.2) is 9.59 Å². The van der Waals surface area contributed by atoms with E-state index < -0.39 is 23.5 Å². The van der Waals surface area contributed by atoms with Crippen LogP contribution in [0.25, 0.3) is 11.0 Å². The number of benzene rings is 1. The summed E-state index contributed by atoms with van der Waals surface area (Å²) in [6.07, 6.45) is 2.29. The van der Waals surface area contributed by atoms with Crippen LogP contribution in [0.5, 0.6) is 5.75 Å². The van der Waals surface area contributed by atoms with Gasteiger partial charge >= 0.3 is 11.6 Å². The van der Waals surface area contributed by atoms with Crippen LogP contribution >= 0.6 is 11.8 Å². The second-order valence-corrected chi connectivity index (χ2v) is 5.98. The molecule has 0 fully saturated rings. The topological polar surface area (TPSA) is 106 Å². The smallest absolute Gasteiger partial charge is 0.336 e. The summed E-state index contributed by atoms with van der Waals surface area (Å²) in [4.78, 5) is 35.3. The molecular weight excluding hydrogens is 334 g/mol. The Labute approximate surface area is 142 Å². The number of methoxy groups -OCH3 is 1. The van der Waals surface area contributed by atoms with Gasteiger partial charge in [-0.05, 0) is 30.6 Å². The highest BCUT2D eigenvalue weighted by Gasteiger charge is 2.23. The van der Waals surface area contributed by atoms with Crippen molar-refractivity contribution in [1.82, 2.24) is 5.32 Å². The van der Waals surface area contributed by atoms with Crippen LogP contribution in [0, 0.1) is 0 Å². The molecule has 1 unspecified atom stereocenters. The zero-order valence-corrected chi connectivity index (χ0v) is 14.0. The second-order valence-electron chi connectivity index (χ2n) is 4.99. The van der Waals surface area contributed by atoms with Gasteiger partial charge in [0.1, 0.15) is 17.4 Å². The molecule has 2 N–H and O–H groups in total. The van der Waals surface area contributed by atoms with Crippen LogP contribution in [-0.4, -0.2) is 42.1 Å². The average molecular weight is 351 g/mol. The maximum Gasteiger partial charge on any atom is 0.336 e. The van der Waals surface area contributed by atoms with Crippen molar-refractivity contribution < 1.29 is 23.8 Å². The number of phenolic OH excluding ortho intramolecular Hbond substituents is 1. The molecule has 2 rings (SSSR count). The Morgan fingerprint density at radius 1 is 1.38 bits per heavy atom. The van der Waals surface area contributed by atoms with Crippen molar-refractivity contribution >= 4 is 34.6 Å². The quantitative estimate of drug-likeness (QED) is 0.600. The van der Waals surface area contributed by atoms with Crippen LogP contribution in [-0.2, 0) is 9.53 Å². The maximum atomic E-state index is 12.4. The van der Waals surface area contributed by atoms with Crippen molar-refractivity contribution in [3.8, 4) is 5.75 Å². The van der Waals surface area contributed by atoms with Crippen LogP contribution in [0.15, 0.2) is 33.5 Å². The minimum absolute atomic E-state index is 0.0191. The molecule has 2 aromatic rings. The minimum Gasteiger partial charge on any atom is -0.507 e. The molecule has 8 heteroatoms. The van der Waals surface area contributed by atoms with Gasteiger partial charge in [-0.2, -0.15) is 11.8 Å². The zero-order chi connectivity index (χ0) is 17.7. The first-order valence-electron chi connectivity index (χ1n) is 7.10. The highest BCUT2D eigenvalue weighted by atomic mass is 32.2. The van der Waals surface area contributed by atoms with E-state index in [1.54, 1.807) is 0 Å². The Hall–Kier alpha value is -2.48. The molecule has 1 aromatic carbocycles. The number of nitrogens with one attached hydrogen (secondary N) is 1. The van der Waals surface area contributed by atoms with Crippen LogP contribution in [0.2, 0.25) is 0 Å². The second kappa shape index (κ2) is 7.87. The van der Waals surface area contributed by atoms with Crippen molar-refractivity contribution in [3.05, 3.63) is 40.2 Å². The number of ether oxygens (including phenoxy) is 1. The van der Waals surface area contributed by atoms with Crippen molar-refractivity contribution in [2.75, 3.05) is 19.1 Å². The molecule has 1 atom stereocenters. The molecule has 24 heavy (non-hydrogen) atoms. The third kappa shape index (κ3) is 4.08. The first-order valence-corrected chi connectivity index (χ1v) is 8.50. The molecule has 0 saturated heterocycles. The van der Waals surface area contributed by atoms with E-state index in [9.17, 15) is 19.5 Å². The lowest BCUT2D eigenvalue weighted by atomic mass is 10.1. The SMILES string of the molecule is COC(=O)C(CCSC)NC(=O)c1cc2ccc(=O)oc2cc1O. The number of amides is 1. The molecule has 0 aliphatic heterocycles. The molecule has 0 aliphatic rings. The fourth-order valence-electron chi connectivity index (χ4n) is 2.15. The molecule has 0 bridgehead atoms. The van der Waals surface area contributed by atoms with Crippen LogP contribution in [0.3, 0.4) is 0 Å². The Morgan fingerprint density at radius 3 is 2.79 bits per heavy atom. The number of carbonyl (C=O) groups excluding carboxylic acids is 2. The summed E-state index contributed by atoms with van der Waals surface area (Å²) >= 11 is 1.54. The van der Waals surface area contributed by atoms with Gasteiger partial charge in [-0.15, -0.1) is 0 Å². The van der Waals surface area contributed by atoms with Gasteiger partial charge in [0, 0.05) is 17.5 Å². The summed E-state index contributed by atoms with van der Waals surface area (Å²) in [5.41, 5.74) is -0.403. The monoisotopic (exact) mass is 351 g/mol. The molecule has 1 aromatic heterocycles. The fraction of sp³-hybridized carbons (Fsp3) is 0.312. The van der Waals surface area contributed by atoms with E-state index in [0.717, 1.165) is 0 Å². The predicted molar refractivity (Wildman–Crippen MR) is 90.4 cm³/mol. The first-order chi connectivity index (χ1) is 11.5. The third-order valence-electron chi connectivity index (χ3n) is 3.38. The predicted octanol–water partition coefficient (Wildman–Crippen LogP) is 1.52.